The average molecular weight is 238 g/mol. The lowest BCUT2D eigenvalue weighted by Gasteiger charge is -2.02. The van der Waals surface area contributed by atoms with E-state index in [9.17, 15) is 10.1 Å². The van der Waals surface area contributed by atoms with Crippen LogP contribution in [0.5, 0.6) is 0 Å². The molecule has 6 heteroatoms. The molecule has 1 aromatic carbocycles. The molecular formula is C10H10N2O3S. The van der Waals surface area contributed by atoms with E-state index in [1.54, 1.807) is 18.2 Å². The maximum Gasteiger partial charge on any atom is 0.300 e. The molecule has 0 saturated carbocycles. The van der Waals surface area contributed by atoms with Crippen molar-refractivity contribution in [2.45, 2.75) is 11.3 Å². The molecule has 0 aliphatic heterocycles. The van der Waals surface area contributed by atoms with Crippen molar-refractivity contribution in [1.29, 1.82) is 5.26 Å². The lowest BCUT2D eigenvalue weighted by molar-refractivity contribution is -0.388. The second kappa shape index (κ2) is 6.10. The van der Waals surface area contributed by atoms with Gasteiger partial charge in [-0.1, -0.05) is 6.07 Å². The highest BCUT2D eigenvalue weighted by Gasteiger charge is 2.19. The van der Waals surface area contributed by atoms with E-state index in [1.807, 2.05) is 0 Å². The number of nitrogens with zero attached hydrogens (tertiary/aromatic N) is 2. The smallest absolute Gasteiger partial charge is 0.300 e. The number of aliphatic hydroxyl groups excluding tert-OH is 1. The van der Waals surface area contributed by atoms with Crippen LogP contribution in [0.2, 0.25) is 0 Å². The van der Waals surface area contributed by atoms with Gasteiger partial charge in [0, 0.05) is 12.4 Å². The van der Waals surface area contributed by atoms with Crippen LogP contribution in [0.4, 0.5) is 5.69 Å². The van der Waals surface area contributed by atoms with Crippen LogP contribution in [-0.4, -0.2) is 22.4 Å². The fourth-order valence-corrected chi connectivity index (χ4v) is 2.15. The lowest BCUT2D eigenvalue weighted by Crippen LogP contribution is -1.95. The van der Waals surface area contributed by atoms with Gasteiger partial charge in [-0.15, -0.1) is 11.8 Å². The number of aliphatic hydroxyl groups is 1. The molecule has 0 aliphatic rings. The van der Waals surface area contributed by atoms with Gasteiger partial charge in [0.1, 0.15) is 11.6 Å². The fourth-order valence-electron chi connectivity index (χ4n) is 1.16. The molecule has 0 amide bonds. The van der Waals surface area contributed by atoms with Gasteiger partial charge in [0.2, 0.25) is 0 Å². The Bertz CT molecular complexity index is 429. The molecule has 0 heterocycles. The van der Waals surface area contributed by atoms with E-state index in [1.165, 1.54) is 17.8 Å². The SMILES string of the molecule is N#Cc1cccc(SCCCO)c1[N+](=O)[O-]. The first-order valence-corrected chi connectivity index (χ1v) is 5.60. The van der Waals surface area contributed by atoms with E-state index >= 15 is 0 Å². The summed E-state index contributed by atoms with van der Waals surface area (Å²) < 4.78 is 0. The molecule has 5 nitrogen and oxygen atoms in total. The second-order valence-corrected chi connectivity index (χ2v) is 4.08. The normalized spacial score (nSPS) is 9.75. The van der Waals surface area contributed by atoms with Gasteiger partial charge < -0.3 is 5.11 Å². The van der Waals surface area contributed by atoms with Gasteiger partial charge in [-0.3, -0.25) is 10.1 Å². The molecule has 0 unspecified atom stereocenters. The first-order valence-electron chi connectivity index (χ1n) is 4.62. The summed E-state index contributed by atoms with van der Waals surface area (Å²) >= 11 is 1.28. The Morgan fingerprint density at radius 3 is 2.88 bits per heavy atom. The molecule has 84 valence electrons. The maximum absolute atomic E-state index is 10.8. The summed E-state index contributed by atoms with van der Waals surface area (Å²) in [5.74, 6) is 0.590. The zero-order valence-electron chi connectivity index (χ0n) is 8.42. The largest absolute Gasteiger partial charge is 0.396 e. The molecule has 1 rings (SSSR count). The number of nitriles is 1. The third-order valence-corrected chi connectivity index (χ3v) is 3.00. The number of benzene rings is 1. The van der Waals surface area contributed by atoms with Crippen molar-refractivity contribution in [2.24, 2.45) is 0 Å². The van der Waals surface area contributed by atoms with Crippen molar-refractivity contribution in [3.8, 4) is 6.07 Å². The third-order valence-electron chi connectivity index (χ3n) is 1.86. The molecule has 0 atom stereocenters. The predicted molar refractivity (Wildman–Crippen MR) is 60.2 cm³/mol. The van der Waals surface area contributed by atoms with Crippen molar-refractivity contribution < 1.29 is 10.0 Å². The van der Waals surface area contributed by atoms with E-state index in [4.69, 9.17) is 10.4 Å². The summed E-state index contributed by atoms with van der Waals surface area (Å²) in [5.41, 5.74) is -0.0769. The molecule has 1 aromatic rings. The van der Waals surface area contributed by atoms with Gasteiger partial charge in [-0.25, -0.2) is 0 Å². The second-order valence-electron chi connectivity index (χ2n) is 2.95. The van der Waals surface area contributed by atoms with E-state index in [-0.39, 0.29) is 17.9 Å². The summed E-state index contributed by atoms with van der Waals surface area (Å²) in [7, 11) is 0. The highest BCUT2D eigenvalue weighted by Crippen LogP contribution is 2.32. The standard InChI is InChI=1S/C10H10N2O3S/c11-7-8-3-1-4-9(10(8)12(14)15)16-6-2-5-13/h1,3-4,13H,2,5-6H2. The van der Waals surface area contributed by atoms with Crippen LogP contribution in [0.25, 0.3) is 0 Å². The minimum absolute atomic E-state index is 0.0543. The van der Waals surface area contributed by atoms with Crippen molar-refractivity contribution in [2.75, 3.05) is 12.4 Å². The Morgan fingerprint density at radius 1 is 1.56 bits per heavy atom. The van der Waals surface area contributed by atoms with E-state index in [0.29, 0.717) is 17.1 Å². The molecule has 0 saturated heterocycles. The van der Waals surface area contributed by atoms with Gasteiger partial charge >= 0.3 is 5.69 Å². The first-order chi connectivity index (χ1) is 7.70. The molecule has 0 radical (unpaired) electrons. The Balaban J connectivity index is 2.99. The summed E-state index contributed by atoms with van der Waals surface area (Å²) in [4.78, 5) is 10.8. The predicted octanol–water partition coefficient (Wildman–Crippen LogP) is 1.94. The summed E-state index contributed by atoms with van der Waals surface area (Å²) in [5, 5.41) is 28.2. The number of nitro groups is 1. The van der Waals surface area contributed by atoms with Crippen molar-refractivity contribution in [3.63, 3.8) is 0 Å². The maximum atomic E-state index is 10.8. The van der Waals surface area contributed by atoms with Crippen LogP contribution in [-0.2, 0) is 0 Å². The molecule has 0 spiro atoms. The number of hydrogen-bond acceptors (Lipinski definition) is 5. The molecule has 1 N–H and O–H groups in total. The summed E-state index contributed by atoms with van der Waals surface area (Å²) in [6, 6.07) is 6.46. The van der Waals surface area contributed by atoms with E-state index < -0.39 is 4.92 Å². The van der Waals surface area contributed by atoms with Crippen LogP contribution in [0, 0.1) is 21.4 Å². The van der Waals surface area contributed by atoms with Crippen molar-refractivity contribution in [3.05, 3.63) is 33.9 Å². The highest BCUT2D eigenvalue weighted by atomic mass is 32.2. The molecule has 0 aromatic heterocycles. The average Bonchev–Trinajstić information content (AvgIpc) is 2.28. The Labute approximate surface area is 96.9 Å². The van der Waals surface area contributed by atoms with Gasteiger partial charge in [-0.2, -0.15) is 5.26 Å². The Morgan fingerprint density at radius 2 is 2.31 bits per heavy atom. The summed E-state index contributed by atoms with van der Waals surface area (Å²) in [6.45, 7) is 0.0543. The van der Waals surface area contributed by atoms with Gasteiger partial charge in [0.15, 0.2) is 0 Å². The molecule has 0 bridgehead atoms. The van der Waals surface area contributed by atoms with Gasteiger partial charge in [0.25, 0.3) is 0 Å². The topological polar surface area (TPSA) is 87.2 Å². The Hall–Kier alpha value is -1.58. The number of nitro benzene ring substituents is 1. The first kappa shape index (κ1) is 12.5. The van der Waals surface area contributed by atoms with Gasteiger partial charge in [-0.05, 0) is 18.6 Å². The van der Waals surface area contributed by atoms with Crippen LogP contribution >= 0.6 is 11.8 Å². The van der Waals surface area contributed by atoms with E-state index in [0.717, 1.165) is 0 Å². The quantitative estimate of drug-likeness (QED) is 0.366. The van der Waals surface area contributed by atoms with E-state index in [2.05, 4.69) is 0 Å². The minimum Gasteiger partial charge on any atom is -0.396 e. The van der Waals surface area contributed by atoms with Crippen LogP contribution in [0.15, 0.2) is 23.1 Å². The fraction of sp³-hybridized carbons (Fsp3) is 0.300. The third kappa shape index (κ3) is 2.95. The number of thioether (sulfide) groups is 1. The molecule has 16 heavy (non-hydrogen) atoms. The number of para-hydroxylation sites is 1. The number of hydrogen-bond donors (Lipinski definition) is 1. The number of rotatable bonds is 5. The Kier molecular flexibility index (Phi) is 4.76. The van der Waals surface area contributed by atoms with Crippen molar-refractivity contribution >= 4 is 17.4 Å². The van der Waals surface area contributed by atoms with Crippen molar-refractivity contribution in [1.82, 2.24) is 0 Å². The van der Waals surface area contributed by atoms with Crippen LogP contribution < -0.4 is 0 Å². The zero-order chi connectivity index (χ0) is 12.0. The lowest BCUT2D eigenvalue weighted by atomic mass is 10.2. The molecule has 0 fully saturated rings. The van der Waals surface area contributed by atoms with Crippen LogP contribution in [0.1, 0.15) is 12.0 Å². The van der Waals surface area contributed by atoms with Crippen LogP contribution in [0.3, 0.4) is 0 Å². The molecular weight excluding hydrogens is 228 g/mol. The minimum atomic E-state index is -0.542. The summed E-state index contributed by atoms with van der Waals surface area (Å²) in [6.07, 6.45) is 0.568. The monoisotopic (exact) mass is 238 g/mol. The zero-order valence-corrected chi connectivity index (χ0v) is 9.24. The van der Waals surface area contributed by atoms with Gasteiger partial charge in [0.05, 0.1) is 9.82 Å². The highest BCUT2D eigenvalue weighted by molar-refractivity contribution is 7.99. The molecule has 0 aliphatic carbocycles.